The molecule has 0 amide bonds. The third-order valence-electron chi connectivity index (χ3n) is 4.07. The van der Waals surface area contributed by atoms with Gasteiger partial charge < -0.3 is 13.5 Å². The number of benzene rings is 1. The van der Waals surface area contributed by atoms with Crippen LogP contribution >= 0.6 is 0 Å². The van der Waals surface area contributed by atoms with Crippen LogP contribution < -0.4 is 4.18 Å². The first-order valence-electron chi connectivity index (χ1n) is 9.02. The minimum absolute atomic E-state index is 0.0384. The number of rotatable bonds is 4. The van der Waals surface area contributed by atoms with Gasteiger partial charge in [0, 0.05) is 12.3 Å². The molecule has 35 heavy (non-hydrogen) atoms. The van der Waals surface area contributed by atoms with Crippen molar-refractivity contribution in [2.45, 2.75) is 24.9 Å². The molecule has 1 aromatic carbocycles. The van der Waals surface area contributed by atoms with E-state index in [0.717, 1.165) is 0 Å². The molecular weight excluding hydrogens is 538 g/mol. The fourth-order valence-electron chi connectivity index (χ4n) is 2.39. The van der Waals surface area contributed by atoms with Gasteiger partial charge in [0.05, 0.1) is 12.1 Å². The first-order chi connectivity index (χ1) is 15.7. The van der Waals surface area contributed by atoms with E-state index in [1.807, 2.05) is 0 Å². The van der Waals surface area contributed by atoms with Crippen LogP contribution in [0, 0.1) is 0 Å². The highest BCUT2D eigenvalue weighted by Crippen LogP contribution is 2.36. The maximum atomic E-state index is 12.9. The van der Waals surface area contributed by atoms with Crippen LogP contribution in [0.4, 0.5) is 31.1 Å². The maximum Gasteiger partial charge on any atom is 0.534 e. The van der Waals surface area contributed by atoms with Crippen LogP contribution in [0.1, 0.15) is 19.4 Å². The summed E-state index contributed by atoms with van der Waals surface area (Å²) in [7, 11) is -8.86. The Morgan fingerprint density at radius 1 is 1.03 bits per heavy atom. The van der Waals surface area contributed by atoms with E-state index in [9.17, 15) is 39.6 Å². The van der Waals surface area contributed by atoms with Gasteiger partial charge in [-0.05, 0) is 13.0 Å². The molecule has 1 heterocycles. The Hall–Kier alpha value is -2.86. The van der Waals surface area contributed by atoms with Crippen LogP contribution in [0.5, 0.6) is 5.88 Å². The molecule has 0 fully saturated rings. The summed E-state index contributed by atoms with van der Waals surface area (Å²) in [5.74, 6) is -0.779. The molecule has 0 aliphatic carbocycles. The van der Waals surface area contributed by atoms with E-state index in [4.69, 9.17) is 17.7 Å². The number of para-hydroxylation sites is 1. The van der Waals surface area contributed by atoms with Crippen molar-refractivity contribution in [1.82, 2.24) is 4.57 Å². The molecule has 2 rings (SSSR count). The second-order valence-corrected chi connectivity index (χ2v) is 9.50. The summed E-state index contributed by atoms with van der Waals surface area (Å²) in [5.41, 5.74) is -10.7. The Morgan fingerprint density at radius 3 is 1.91 bits per heavy atom. The van der Waals surface area contributed by atoms with Crippen molar-refractivity contribution in [3.05, 3.63) is 29.8 Å². The number of carbonyl (C=O) groups excluding carboxylic acids is 1. The summed E-state index contributed by atoms with van der Waals surface area (Å²) >= 11 is 0. The topological polar surface area (TPSA) is 135 Å². The maximum absolute atomic E-state index is 12.9. The van der Waals surface area contributed by atoms with Gasteiger partial charge in [-0.15, -0.1) is 0 Å². The van der Waals surface area contributed by atoms with Crippen LogP contribution in [0.15, 0.2) is 24.3 Å². The van der Waals surface area contributed by atoms with Gasteiger partial charge in [0.1, 0.15) is 19.7 Å². The molecule has 10 nitrogen and oxygen atoms in total. The predicted molar refractivity (Wildman–Crippen MR) is 108 cm³/mol. The van der Waals surface area contributed by atoms with Crippen LogP contribution in [-0.2, 0) is 25.0 Å². The lowest BCUT2D eigenvalue weighted by Gasteiger charge is -2.13. The largest absolute Gasteiger partial charge is 0.741 e. The lowest BCUT2D eigenvalue weighted by molar-refractivity contribution is -0.464. The zero-order valence-electron chi connectivity index (χ0n) is 18.3. The number of nitrogens with zero attached hydrogens (tertiary/aromatic N) is 2. The number of alkyl halides is 6. The first-order valence-corrected chi connectivity index (χ1v) is 11.8. The molecule has 0 unspecified atom stereocenters. The second kappa shape index (κ2) is 10.4. The molecule has 2 aromatic rings. The Morgan fingerprint density at radius 2 is 1.51 bits per heavy atom. The Bertz CT molecular complexity index is 1340. The Kier molecular flexibility index (Phi) is 8.97. The first kappa shape index (κ1) is 30.2. The van der Waals surface area contributed by atoms with Crippen LogP contribution in [-0.4, -0.2) is 74.1 Å². The van der Waals surface area contributed by atoms with Gasteiger partial charge in [-0.1, -0.05) is 18.2 Å². The summed E-state index contributed by atoms with van der Waals surface area (Å²) < 4.78 is 132. The highest BCUT2D eigenvalue weighted by Gasteiger charge is 2.50. The molecule has 0 aliphatic heterocycles. The van der Waals surface area contributed by atoms with E-state index >= 15 is 0 Å². The molecule has 0 saturated heterocycles. The Labute approximate surface area is 195 Å². The lowest BCUT2D eigenvalue weighted by atomic mass is 10.1. The standard InChI is InChI=1S/C16H18F3N2O5S.CHF3O3S/c1-5-25-15(22)21-12-9-7-6-8-11(12)13(10(2)20(3)4)14(21)26-27(23,24)16(17,18)19;2-1(3,4)8(5,6)7/h6-9H,5H2,1-4H3;(H,5,6,7)/q+1;/p-1. The average molecular weight is 556 g/mol. The van der Waals surface area contributed by atoms with Gasteiger partial charge >= 0.3 is 27.2 Å². The van der Waals surface area contributed by atoms with Crippen molar-refractivity contribution in [2.24, 2.45) is 0 Å². The highest BCUT2D eigenvalue weighted by molar-refractivity contribution is 7.88. The molecule has 0 N–H and O–H groups in total. The average Bonchev–Trinajstić information content (AvgIpc) is 2.98. The fraction of sp³-hybridized carbons (Fsp3) is 0.412. The molecule has 0 radical (unpaired) electrons. The third-order valence-corrected chi connectivity index (χ3v) is 5.58. The van der Waals surface area contributed by atoms with Gasteiger partial charge in [-0.3, -0.25) is 0 Å². The SMILES string of the molecule is CCOC(=O)n1c(OS(=O)(=O)C(F)(F)F)c(C(C)=[N+](C)C)c2ccccc21.O=S(=O)([O-])C(F)(F)F. The van der Waals surface area contributed by atoms with Crippen molar-refractivity contribution in [3.63, 3.8) is 0 Å². The zero-order valence-corrected chi connectivity index (χ0v) is 19.9. The van der Waals surface area contributed by atoms with Crippen LogP contribution in [0.25, 0.3) is 10.9 Å². The lowest BCUT2D eigenvalue weighted by Crippen LogP contribution is -2.30. The molecule has 0 spiro atoms. The van der Waals surface area contributed by atoms with E-state index in [-0.39, 0.29) is 17.7 Å². The number of carbonyl (C=O) groups is 1. The van der Waals surface area contributed by atoms with Gasteiger partial charge in [0.2, 0.25) is 5.88 Å². The van der Waals surface area contributed by atoms with Crippen molar-refractivity contribution in [2.75, 3.05) is 20.7 Å². The Balaban J connectivity index is 0.000000658. The van der Waals surface area contributed by atoms with Crippen molar-refractivity contribution in [3.8, 4) is 5.88 Å². The number of aromatic nitrogens is 1. The van der Waals surface area contributed by atoms with Gasteiger partial charge in [-0.2, -0.15) is 34.8 Å². The smallest absolute Gasteiger partial charge is 0.534 e. The van der Waals surface area contributed by atoms with Gasteiger partial charge in [0.15, 0.2) is 15.8 Å². The number of hydrogen-bond donors (Lipinski definition) is 0. The number of fused-ring (bicyclic) bond motifs is 1. The van der Waals surface area contributed by atoms with E-state index in [1.54, 1.807) is 43.8 Å². The molecule has 0 atom stereocenters. The summed E-state index contributed by atoms with van der Waals surface area (Å²) in [6.07, 6.45) is -1.06. The molecule has 198 valence electrons. The molecule has 0 aliphatic rings. The summed E-state index contributed by atoms with van der Waals surface area (Å²) in [5, 5.41) is 0.337. The minimum atomic E-state index is -6.09. The summed E-state index contributed by atoms with van der Waals surface area (Å²) in [6.45, 7) is 3.00. The highest BCUT2D eigenvalue weighted by atomic mass is 32.2. The summed E-state index contributed by atoms with van der Waals surface area (Å²) in [4.78, 5) is 12.4. The number of hydrogen-bond acceptors (Lipinski definition) is 8. The molecule has 0 bridgehead atoms. The van der Waals surface area contributed by atoms with Crippen LogP contribution in [0.2, 0.25) is 0 Å². The second-order valence-electron chi connectivity index (χ2n) is 6.59. The molecule has 0 saturated carbocycles. The fourth-order valence-corrected chi connectivity index (χ4v) is 2.85. The number of ether oxygens (including phenoxy) is 1. The number of halogens is 6. The minimum Gasteiger partial charge on any atom is -0.741 e. The van der Waals surface area contributed by atoms with E-state index in [2.05, 4.69) is 4.18 Å². The third kappa shape index (κ3) is 6.85. The molecule has 18 heteroatoms. The quantitative estimate of drug-likeness (QED) is 0.140. The van der Waals surface area contributed by atoms with E-state index in [1.165, 1.54) is 13.0 Å². The molecular formula is C17H18F6N2O8S2. The van der Waals surface area contributed by atoms with Gasteiger partial charge in [-0.25, -0.2) is 22.4 Å². The van der Waals surface area contributed by atoms with E-state index < -0.39 is 43.2 Å². The van der Waals surface area contributed by atoms with Crippen molar-refractivity contribution < 1.29 is 66.0 Å². The summed E-state index contributed by atoms with van der Waals surface area (Å²) in [6, 6.07) is 6.15. The monoisotopic (exact) mass is 556 g/mol. The van der Waals surface area contributed by atoms with E-state index in [0.29, 0.717) is 15.7 Å². The normalized spacial score (nSPS) is 12.5. The molecule has 1 aromatic heterocycles. The van der Waals surface area contributed by atoms with Gasteiger partial charge in [0.25, 0.3) is 0 Å². The predicted octanol–water partition coefficient (Wildman–Crippen LogP) is 3.01. The van der Waals surface area contributed by atoms with Crippen LogP contribution in [0.3, 0.4) is 0 Å². The van der Waals surface area contributed by atoms with Crippen molar-refractivity contribution >= 4 is 42.9 Å². The zero-order chi connectivity index (χ0) is 27.6. The van der Waals surface area contributed by atoms with Crippen molar-refractivity contribution in [1.29, 1.82) is 0 Å².